The van der Waals surface area contributed by atoms with E-state index in [2.05, 4.69) is 43.9 Å². The average Bonchev–Trinajstić information content (AvgIpc) is 3.19. The number of rotatable bonds is 8. The zero-order chi connectivity index (χ0) is 23.2. The number of amides is 2. The molecule has 0 unspecified atom stereocenters. The summed E-state index contributed by atoms with van der Waals surface area (Å²) in [5.41, 5.74) is 4.03. The van der Waals surface area contributed by atoms with Crippen LogP contribution in [0.2, 0.25) is 5.02 Å². The minimum absolute atomic E-state index is 0.199. The maximum absolute atomic E-state index is 12.1. The van der Waals surface area contributed by atoms with E-state index in [1.807, 2.05) is 54.6 Å². The minimum atomic E-state index is -0.199. The van der Waals surface area contributed by atoms with E-state index in [9.17, 15) is 4.79 Å². The van der Waals surface area contributed by atoms with Crippen molar-refractivity contribution in [2.75, 3.05) is 17.2 Å². The molecule has 0 fully saturated rings. The molecule has 0 radical (unpaired) electrons. The van der Waals surface area contributed by atoms with Crippen LogP contribution in [0.5, 0.6) is 0 Å². The first kappa shape index (κ1) is 23.1. The van der Waals surface area contributed by atoms with Gasteiger partial charge in [0.25, 0.3) is 0 Å². The number of unbranched alkanes of at least 4 members (excludes halogenated alkanes) is 1. The van der Waals surface area contributed by atoms with Crippen LogP contribution in [0.25, 0.3) is 16.9 Å². The summed E-state index contributed by atoms with van der Waals surface area (Å²) in [4.78, 5) is 16.8. The predicted molar refractivity (Wildman–Crippen MR) is 137 cm³/mol. The summed E-state index contributed by atoms with van der Waals surface area (Å²) in [6.07, 6.45) is 3.71. The molecule has 9 heteroatoms. The maximum Gasteiger partial charge on any atom is 0.319 e. The number of carbonyl (C=O) groups excluding carboxylic acids is 1. The summed E-state index contributed by atoms with van der Waals surface area (Å²) in [5.74, 6) is 0.774. The van der Waals surface area contributed by atoms with Gasteiger partial charge < -0.3 is 16.0 Å². The molecule has 2 heterocycles. The van der Waals surface area contributed by atoms with Gasteiger partial charge in [-0.3, -0.25) is 0 Å². The summed E-state index contributed by atoms with van der Waals surface area (Å²) in [6, 6.07) is 17.1. The number of urea groups is 1. The molecule has 0 atom stereocenters. The monoisotopic (exact) mass is 526 g/mol. The first-order valence-corrected chi connectivity index (χ1v) is 11.9. The van der Waals surface area contributed by atoms with Gasteiger partial charge in [0.2, 0.25) is 0 Å². The van der Waals surface area contributed by atoms with Crippen LogP contribution < -0.4 is 16.0 Å². The van der Waals surface area contributed by atoms with Crippen molar-refractivity contribution in [3.8, 4) is 11.3 Å². The number of nitrogens with one attached hydrogen (secondary N) is 3. The number of halogens is 2. The van der Waals surface area contributed by atoms with Crippen LogP contribution in [0.1, 0.15) is 25.3 Å². The average molecular weight is 528 g/mol. The van der Waals surface area contributed by atoms with E-state index in [0.717, 1.165) is 45.6 Å². The van der Waals surface area contributed by atoms with Crippen LogP contribution in [0.4, 0.5) is 16.3 Å². The molecule has 0 saturated carbocycles. The highest BCUT2D eigenvalue weighted by molar-refractivity contribution is 9.10. The number of carbonyl (C=O) groups is 1. The van der Waals surface area contributed by atoms with E-state index in [1.165, 1.54) is 0 Å². The normalized spacial score (nSPS) is 10.9. The van der Waals surface area contributed by atoms with Crippen molar-refractivity contribution in [1.29, 1.82) is 0 Å². The van der Waals surface area contributed by atoms with Crippen molar-refractivity contribution in [2.45, 2.75) is 26.3 Å². The molecule has 0 spiro atoms. The highest BCUT2D eigenvalue weighted by Crippen LogP contribution is 2.30. The number of aromatic nitrogens is 3. The van der Waals surface area contributed by atoms with Crippen LogP contribution >= 0.6 is 27.5 Å². The van der Waals surface area contributed by atoms with Crippen molar-refractivity contribution >= 4 is 50.7 Å². The summed E-state index contributed by atoms with van der Waals surface area (Å²) in [6.45, 7) is 3.28. The topological polar surface area (TPSA) is 83.4 Å². The van der Waals surface area contributed by atoms with Crippen LogP contribution in [-0.4, -0.2) is 27.2 Å². The molecule has 33 heavy (non-hydrogen) atoms. The van der Waals surface area contributed by atoms with E-state index in [1.54, 1.807) is 10.7 Å². The second-order valence-corrected chi connectivity index (χ2v) is 8.78. The summed E-state index contributed by atoms with van der Waals surface area (Å²) >= 11 is 9.94. The molecular weight excluding hydrogens is 504 g/mol. The quantitative estimate of drug-likeness (QED) is 0.233. The van der Waals surface area contributed by atoms with Gasteiger partial charge in [-0.1, -0.05) is 55.3 Å². The lowest BCUT2D eigenvalue weighted by Crippen LogP contribution is -2.29. The third-order valence-corrected chi connectivity index (χ3v) is 5.94. The molecule has 0 aliphatic rings. The molecule has 4 aromatic rings. The molecule has 0 bridgehead atoms. The Bertz CT molecular complexity index is 1280. The SMILES string of the molecule is CCCCNC(=O)Nc1cccc(CNc2cc(-c3ccccc3Cl)nc3c(Br)cnn23)c1. The van der Waals surface area contributed by atoms with Crippen molar-refractivity contribution in [1.82, 2.24) is 19.9 Å². The van der Waals surface area contributed by atoms with Crippen molar-refractivity contribution < 1.29 is 4.79 Å². The second-order valence-electron chi connectivity index (χ2n) is 7.52. The molecular formula is C24H24BrClN6O. The molecule has 2 aromatic carbocycles. The Labute approximate surface area is 205 Å². The van der Waals surface area contributed by atoms with Gasteiger partial charge in [0.05, 0.1) is 16.4 Å². The van der Waals surface area contributed by atoms with E-state index in [0.29, 0.717) is 23.8 Å². The fraction of sp³-hybridized carbons (Fsp3) is 0.208. The van der Waals surface area contributed by atoms with Gasteiger partial charge in [-0.2, -0.15) is 9.61 Å². The van der Waals surface area contributed by atoms with Crippen molar-refractivity contribution in [3.63, 3.8) is 0 Å². The lowest BCUT2D eigenvalue weighted by Gasteiger charge is -2.13. The molecule has 7 nitrogen and oxygen atoms in total. The number of anilines is 2. The first-order chi connectivity index (χ1) is 16.0. The van der Waals surface area contributed by atoms with Crippen LogP contribution in [0, 0.1) is 0 Å². The molecule has 2 amide bonds. The molecule has 4 rings (SSSR count). The van der Waals surface area contributed by atoms with Crippen LogP contribution in [0.15, 0.2) is 65.3 Å². The summed E-state index contributed by atoms with van der Waals surface area (Å²) < 4.78 is 2.54. The lowest BCUT2D eigenvalue weighted by molar-refractivity contribution is 0.252. The fourth-order valence-corrected chi connectivity index (χ4v) is 3.96. The third kappa shape index (κ3) is 5.64. The van der Waals surface area contributed by atoms with Gasteiger partial charge in [-0.05, 0) is 46.1 Å². The summed E-state index contributed by atoms with van der Waals surface area (Å²) in [5, 5.41) is 14.2. The Morgan fingerprint density at radius 1 is 1.15 bits per heavy atom. The van der Waals surface area contributed by atoms with Crippen LogP contribution in [0.3, 0.4) is 0 Å². The summed E-state index contributed by atoms with van der Waals surface area (Å²) in [7, 11) is 0. The Morgan fingerprint density at radius 3 is 2.82 bits per heavy atom. The maximum atomic E-state index is 12.1. The second kappa shape index (κ2) is 10.7. The van der Waals surface area contributed by atoms with Crippen LogP contribution in [-0.2, 0) is 6.54 Å². The number of fused-ring (bicyclic) bond motifs is 1. The Kier molecular flexibility index (Phi) is 7.47. The van der Waals surface area contributed by atoms with Gasteiger partial charge in [0, 0.05) is 35.4 Å². The third-order valence-electron chi connectivity index (χ3n) is 5.05. The molecule has 0 aliphatic carbocycles. The fourth-order valence-electron chi connectivity index (χ4n) is 3.37. The molecule has 2 aromatic heterocycles. The van der Waals surface area contributed by atoms with E-state index in [4.69, 9.17) is 16.6 Å². The van der Waals surface area contributed by atoms with Gasteiger partial charge >= 0.3 is 6.03 Å². The van der Waals surface area contributed by atoms with E-state index in [-0.39, 0.29) is 6.03 Å². The number of nitrogens with zero attached hydrogens (tertiary/aromatic N) is 3. The standard InChI is InChI=1S/C24H24BrClN6O/c1-2-3-11-27-24(33)30-17-8-6-7-16(12-17)14-28-22-13-21(18-9-4-5-10-20(18)26)31-23-19(25)15-29-32(22)23/h4-10,12-13,15,28H,2-3,11,14H2,1H3,(H2,27,30,33). The number of hydrogen-bond donors (Lipinski definition) is 3. The Hall–Kier alpha value is -3.10. The van der Waals surface area contributed by atoms with E-state index >= 15 is 0 Å². The predicted octanol–water partition coefficient (Wildman–Crippen LogP) is 6.35. The molecule has 0 aliphatic heterocycles. The molecule has 3 N–H and O–H groups in total. The van der Waals surface area contributed by atoms with Gasteiger partial charge in [0.1, 0.15) is 5.82 Å². The van der Waals surface area contributed by atoms with E-state index < -0.39 is 0 Å². The zero-order valence-corrected chi connectivity index (χ0v) is 20.4. The highest BCUT2D eigenvalue weighted by atomic mass is 79.9. The first-order valence-electron chi connectivity index (χ1n) is 10.7. The number of hydrogen-bond acceptors (Lipinski definition) is 4. The molecule has 170 valence electrons. The molecule has 0 saturated heterocycles. The van der Waals surface area contributed by atoms with Gasteiger partial charge in [-0.15, -0.1) is 0 Å². The van der Waals surface area contributed by atoms with Crippen molar-refractivity contribution in [2.24, 2.45) is 0 Å². The highest BCUT2D eigenvalue weighted by Gasteiger charge is 2.13. The van der Waals surface area contributed by atoms with Gasteiger partial charge in [0.15, 0.2) is 5.65 Å². The van der Waals surface area contributed by atoms with Crippen molar-refractivity contribution in [3.05, 3.63) is 75.9 Å². The van der Waals surface area contributed by atoms with Gasteiger partial charge in [-0.25, -0.2) is 9.78 Å². The Morgan fingerprint density at radius 2 is 2.00 bits per heavy atom. The Balaban J connectivity index is 1.54. The smallest absolute Gasteiger partial charge is 0.319 e. The number of benzene rings is 2. The zero-order valence-electron chi connectivity index (χ0n) is 18.1. The largest absolute Gasteiger partial charge is 0.366 e. The lowest BCUT2D eigenvalue weighted by atomic mass is 10.1. The minimum Gasteiger partial charge on any atom is -0.366 e.